The normalized spacial score (nSPS) is 13.9. The van der Waals surface area contributed by atoms with E-state index < -0.39 is 0 Å². The lowest BCUT2D eigenvalue weighted by Gasteiger charge is -2.12. The molecule has 146 valence electrons. The van der Waals surface area contributed by atoms with Gasteiger partial charge in [0, 0.05) is 11.1 Å². The average Bonchev–Trinajstić information content (AvgIpc) is 3.40. The monoisotopic (exact) mass is 407 g/mol. The molecule has 2 aromatic carbocycles. The summed E-state index contributed by atoms with van der Waals surface area (Å²) in [6.07, 6.45) is 1.93. The number of halogens is 1. The van der Waals surface area contributed by atoms with E-state index in [0.717, 1.165) is 35.0 Å². The smallest absolute Gasteiger partial charge is 0.296 e. The summed E-state index contributed by atoms with van der Waals surface area (Å²) in [6.45, 7) is 2.33. The van der Waals surface area contributed by atoms with Crippen molar-refractivity contribution in [2.75, 3.05) is 0 Å². The molecule has 0 aliphatic heterocycles. The minimum absolute atomic E-state index is 0.0140. The first-order valence-corrected chi connectivity index (χ1v) is 9.82. The summed E-state index contributed by atoms with van der Waals surface area (Å²) in [5, 5.41) is 7.84. The van der Waals surface area contributed by atoms with Crippen LogP contribution in [0.3, 0.4) is 0 Å². The highest BCUT2D eigenvalue weighted by Crippen LogP contribution is 2.20. The predicted molar refractivity (Wildman–Crippen MR) is 111 cm³/mol. The van der Waals surface area contributed by atoms with Gasteiger partial charge in [0.05, 0.1) is 17.6 Å². The molecule has 29 heavy (non-hydrogen) atoms. The highest BCUT2D eigenvalue weighted by atomic mass is 35.5. The number of hydrogen-bond acceptors (Lipinski definition) is 4. The van der Waals surface area contributed by atoms with E-state index in [1.165, 1.54) is 4.52 Å². The fourth-order valence-electron chi connectivity index (χ4n) is 3.38. The number of amides is 1. The minimum Gasteiger partial charge on any atom is -0.347 e. The van der Waals surface area contributed by atoms with Crippen LogP contribution in [0.4, 0.5) is 0 Å². The summed E-state index contributed by atoms with van der Waals surface area (Å²) >= 11 is 5.98. The fraction of sp³-hybridized carbons (Fsp3) is 0.238. The van der Waals surface area contributed by atoms with E-state index in [0.29, 0.717) is 11.6 Å². The van der Waals surface area contributed by atoms with Crippen molar-refractivity contribution >= 4 is 34.2 Å². The highest BCUT2D eigenvalue weighted by molar-refractivity contribution is 6.30. The van der Waals surface area contributed by atoms with Crippen molar-refractivity contribution in [3.63, 3.8) is 0 Å². The minimum atomic E-state index is -0.347. The Morgan fingerprint density at radius 2 is 1.93 bits per heavy atom. The van der Waals surface area contributed by atoms with E-state index in [4.69, 9.17) is 11.6 Å². The maximum Gasteiger partial charge on any atom is 0.296 e. The number of aromatic nitrogens is 4. The van der Waals surface area contributed by atoms with E-state index in [1.807, 2.05) is 37.3 Å². The molecule has 1 aliphatic rings. The molecule has 2 aromatic heterocycles. The summed E-state index contributed by atoms with van der Waals surface area (Å²) < 4.78 is 3.13. The predicted octanol–water partition coefficient (Wildman–Crippen LogP) is 2.95. The molecule has 1 amide bonds. The van der Waals surface area contributed by atoms with Crippen molar-refractivity contribution in [3.8, 4) is 0 Å². The Morgan fingerprint density at radius 1 is 1.17 bits per heavy atom. The van der Waals surface area contributed by atoms with Crippen molar-refractivity contribution in [1.82, 2.24) is 24.5 Å². The van der Waals surface area contributed by atoms with Crippen LogP contribution in [0.15, 0.2) is 47.3 Å². The molecule has 1 N–H and O–H groups in total. The Labute approximate surface area is 170 Å². The van der Waals surface area contributed by atoms with Gasteiger partial charge < -0.3 is 5.32 Å². The molecule has 2 heterocycles. The Bertz CT molecular complexity index is 1320. The second-order valence-electron chi connectivity index (χ2n) is 7.43. The van der Waals surface area contributed by atoms with Gasteiger partial charge >= 0.3 is 0 Å². The van der Waals surface area contributed by atoms with Gasteiger partial charge in [0.1, 0.15) is 0 Å². The van der Waals surface area contributed by atoms with Gasteiger partial charge in [-0.05, 0) is 55.2 Å². The second kappa shape index (κ2) is 6.70. The summed E-state index contributed by atoms with van der Waals surface area (Å²) in [6, 6.07) is 13.3. The van der Waals surface area contributed by atoms with Gasteiger partial charge in [-0.1, -0.05) is 29.8 Å². The summed E-state index contributed by atoms with van der Waals surface area (Å²) in [7, 11) is 0. The molecule has 0 spiro atoms. The maximum atomic E-state index is 13.3. The first-order valence-electron chi connectivity index (χ1n) is 9.45. The number of fused-ring (bicyclic) bond motifs is 3. The molecule has 7 nitrogen and oxygen atoms in total. The number of hydrogen-bond donors (Lipinski definition) is 1. The number of nitrogens with one attached hydrogen (secondary N) is 1. The van der Waals surface area contributed by atoms with Gasteiger partial charge in [-0.15, -0.1) is 5.10 Å². The van der Waals surface area contributed by atoms with Crippen LogP contribution in [0.25, 0.3) is 16.7 Å². The summed E-state index contributed by atoms with van der Waals surface area (Å²) in [5.41, 5.74) is 3.25. The Morgan fingerprint density at radius 3 is 2.66 bits per heavy atom. The lowest BCUT2D eigenvalue weighted by molar-refractivity contribution is 0.0941. The number of nitrogens with zero attached hydrogens (tertiary/aromatic N) is 4. The molecule has 0 atom stereocenters. The third-order valence-corrected chi connectivity index (χ3v) is 5.32. The number of rotatable bonds is 4. The van der Waals surface area contributed by atoms with Gasteiger partial charge in [-0.3, -0.25) is 14.2 Å². The Hall–Kier alpha value is -3.19. The molecule has 0 unspecified atom stereocenters. The van der Waals surface area contributed by atoms with Crippen LogP contribution >= 0.6 is 11.6 Å². The van der Waals surface area contributed by atoms with Gasteiger partial charge in [0.25, 0.3) is 11.5 Å². The Kier molecular flexibility index (Phi) is 4.13. The van der Waals surface area contributed by atoms with Gasteiger partial charge in [-0.2, -0.15) is 4.98 Å². The first kappa shape index (κ1) is 17.9. The van der Waals surface area contributed by atoms with Crippen LogP contribution in [-0.4, -0.2) is 31.1 Å². The quantitative estimate of drug-likeness (QED) is 0.564. The SMILES string of the molecule is Cc1ccc2c(c1)n(Cc1ccc(Cl)cc1)c(=O)c1nc(C(=O)NC3CC3)nn12. The third-order valence-electron chi connectivity index (χ3n) is 5.06. The molecular weight excluding hydrogens is 390 g/mol. The van der Waals surface area contributed by atoms with Crippen LogP contribution in [0.2, 0.25) is 5.02 Å². The summed E-state index contributed by atoms with van der Waals surface area (Å²) in [5.74, 6) is -0.333. The van der Waals surface area contributed by atoms with Crippen molar-refractivity contribution < 1.29 is 4.79 Å². The molecule has 5 rings (SSSR count). The molecule has 1 fully saturated rings. The van der Waals surface area contributed by atoms with E-state index >= 15 is 0 Å². The van der Waals surface area contributed by atoms with E-state index in [2.05, 4.69) is 15.4 Å². The average molecular weight is 408 g/mol. The second-order valence-corrected chi connectivity index (χ2v) is 7.86. The fourth-order valence-corrected chi connectivity index (χ4v) is 3.51. The van der Waals surface area contributed by atoms with Crippen LogP contribution < -0.4 is 10.9 Å². The van der Waals surface area contributed by atoms with Gasteiger partial charge in [0.15, 0.2) is 0 Å². The molecule has 8 heteroatoms. The zero-order valence-electron chi connectivity index (χ0n) is 15.7. The lowest BCUT2D eigenvalue weighted by Crippen LogP contribution is -2.26. The van der Waals surface area contributed by atoms with Crippen LogP contribution in [0.5, 0.6) is 0 Å². The topological polar surface area (TPSA) is 81.3 Å². The Balaban J connectivity index is 1.70. The van der Waals surface area contributed by atoms with Gasteiger partial charge in [0.2, 0.25) is 11.5 Å². The number of carbonyl (C=O) groups excluding carboxylic acids is 1. The van der Waals surface area contributed by atoms with Gasteiger partial charge in [-0.25, -0.2) is 4.52 Å². The first-order chi connectivity index (χ1) is 14.0. The molecule has 0 bridgehead atoms. The number of benzene rings is 2. The van der Waals surface area contributed by atoms with Crippen molar-refractivity contribution in [2.45, 2.75) is 32.4 Å². The standard InChI is InChI=1S/C21H18ClN5O2/c1-12-2-9-16-17(10-12)26(11-13-3-5-14(22)6-4-13)21(29)19-24-18(25-27(16)19)20(28)23-15-7-8-15/h2-6,9-10,15H,7-8,11H2,1H3,(H,23,28). The molecule has 0 saturated heterocycles. The molecule has 0 radical (unpaired) electrons. The molecule has 4 aromatic rings. The van der Waals surface area contributed by atoms with E-state index in [1.54, 1.807) is 16.7 Å². The maximum absolute atomic E-state index is 13.3. The summed E-state index contributed by atoms with van der Waals surface area (Å²) in [4.78, 5) is 29.9. The van der Waals surface area contributed by atoms with Crippen molar-refractivity contribution in [1.29, 1.82) is 0 Å². The zero-order valence-corrected chi connectivity index (χ0v) is 16.5. The molecular formula is C21H18ClN5O2. The van der Waals surface area contributed by atoms with Crippen LogP contribution in [-0.2, 0) is 6.54 Å². The van der Waals surface area contributed by atoms with Crippen LogP contribution in [0, 0.1) is 6.92 Å². The largest absolute Gasteiger partial charge is 0.347 e. The highest BCUT2D eigenvalue weighted by Gasteiger charge is 2.26. The number of carbonyl (C=O) groups is 1. The lowest BCUT2D eigenvalue weighted by atomic mass is 10.2. The van der Waals surface area contributed by atoms with E-state index in [-0.39, 0.29) is 29.0 Å². The van der Waals surface area contributed by atoms with E-state index in [9.17, 15) is 9.59 Å². The molecule has 1 aliphatic carbocycles. The molecule has 1 saturated carbocycles. The zero-order chi connectivity index (χ0) is 20.1. The van der Waals surface area contributed by atoms with Crippen molar-refractivity contribution in [2.24, 2.45) is 0 Å². The van der Waals surface area contributed by atoms with Crippen molar-refractivity contribution in [3.05, 3.63) is 74.8 Å². The number of aryl methyl sites for hydroxylation is 1. The third kappa shape index (κ3) is 3.27. The van der Waals surface area contributed by atoms with Crippen LogP contribution in [0.1, 0.15) is 34.6 Å².